The van der Waals surface area contributed by atoms with E-state index in [0.717, 1.165) is 25.7 Å². The van der Waals surface area contributed by atoms with E-state index < -0.39 is 11.5 Å². The van der Waals surface area contributed by atoms with E-state index >= 15 is 0 Å². The van der Waals surface area contributed by atoms with Crippen LogP contribution in [0.1, 0.15) is 49.0 Å². The summed E-state index contributed by atoms with van der Waals surface area (Å²) in [6, 6.07) is 3.06. The second kappa shape index (κ2) is 6.74. The van der Waals surface area contributed by atoms with Crippen LogP contribution in [0.15, 0.2) is 12.1 Å². The quantitative estimate of drug-likeness (QED) is 0.665. The SMILES string of the molecule is O=C(NCC1(O)CCCCCC1)c1nc(Cl)ccc1Cl. The number of rotatable bonds is 3. The van der Waals surface area contributed by atoms with Gasteiger partial charge in [0.15, 0.2) is 0 Å². The minimum atomic E-state index is -0.822. The van der Waals surface area contributed by atoms with Gasteiger partial charge < -0.3 is 10.4 Å². The largest absolute Gasteiger partial charge is 0.388 e. The molecule has 1 amide bonds. The van der Waals surface area contributed by atoms with Crippen molar-refractivity contribution in [3.63, 3.8) is 0 Å². The van der Waals surface area contributed by atoms with E-state index in [9.17, 15) is 9.90 Å². The van der Waals surface area contributed by atoms with Gasteiger partial charge in [-0.3, -0.25) is 4.79 Å². The van der Waals surface area contributed by atoms with Crippen LogP contribution in [0, 0.1) is 0 Å². The standard InChI is InChI=1S/C14H18Cl2N2O2/c15-10-5-6-11(16)18-12(10)13(19)17-9-14(20)7-3-1-2-4-8-14/h5-6,20H,1-4,7-9H2,(H,17,19). The molecule has 0 unspecified atom stereocenters. The molecule has 0 saturated heterocycles. The van der Waals surface area contributed by atoms with Gasteiger partial charge in [-0.05, 0) is 25.0 Å². The first-order valence-electron chi connectivity index (χ1n) is 6.83. The highest BCUT2D eigenvalue weighted by Gasteiger charge is 2.28. The number of nitrogens with zero attached hydrogens (tertiary/aromatic N) is 1. The molecule has 2 rings (SSSR count). The number of aliphatic hydroxyl groups is 1. The molecule has 1 fully saturated rings. The molecule has 0 aromatic carbocycles. The molecular weight excluding hydrogens is 299 g/mol. The Hall–Kier alpha value is -0.840. The number of amides is 1. The number of carbonyl (C=O) groups is 1. The van der Waals surface area contributed by atoms with E-state index in [1.54, 1.807) is 0 Å². The number of carbonyl (C=O) groups excluding carboxylic acids is 1. The van der Waals surface area contributed by atoms with Crippen LogP contribution in [0.25, 0.3) is 0 Å². The second-order valence-electron chi connectivity index (χ2n) is 5.29. The summed E-state index contributed by atoms with van der Waals surface area (Å²) in [5, 5.41) is 13.7. The van der Waals surface area contributed by atoms with E-state index in [4.69, 9.17) is 23.2 Å². The normalized spacial score (nSPS) is 18.4. The second-order valence-corrected chi connectivity index (χ2v) is 6.08. The first-order valence-corrected chi connectivity index (χ1v) is 7.58. The maximum atomic E-state index is 12.1. The third-order valence-electron chi connectivity index (χ3n) is 3.64. The molecule has 1 saturated carbocycles. The lowest BCUT2D eigenvalue weighted by molar-refractivity contribution is 0.0246. The maximum absolute atomic E-state index is 12.1. The smallest absolute Gasteiger partial charge is 0.271 e. The predicted octanol–water partition coefficient (Wildman–Crippen LogP) is 3.20. The van der Waals surface area contributed by atoms with Crippen molar-refractivity contribution >= 4 is 29.1 Å². The molecule has 1 heterocycles. The Morgan fingerprint density at radius 2 is 1.90 bits per heavy atom. The summed E-state index contributed by atoms with van der Waals surface area (Å²) in [4.78, 5) is 16.0. The average Bonchev–Trinajstić information content (AvgIpc) is 2.64. The van der Waals surface area contributed by atoms with E-state index in [0.29, 0.717) is 12.8 Å². The molecule has 110 valence electrons. The van der Waals surface area contributed by atoms with E-state index in [1.807, 2.05) is 0 Å². The van der Waals surface area contributed by atoms with Crippen LogP contribution in [0.4, 0.5) is 0 Å². The van der Waals surface area contributed by atoms with Crippen molar-refractivity contribution in [3.05, 3.63) is 28.0 Å². The molecule has 1 aliphatic carbocycles. The molecule has 6 heteroatoms. The molecule has 0 aliphatic heterocycles. The van der Waals surface area contributed by atoms with Gasteiger partial charge in [-0.15, -0.1) is 0 Å². The number of hydrogen-bond acceptors (Lipinski definition) is 3. The minimum Gasteiger partial charge on any atom is -0.388 e. The maximum Gasteiger partial charge on any atom is 0.271 e. The molecule has 20 heavy (non-hydrogen) atoms. The van der Waals surface area contributed by atoms with Gasteiger partial charge in [0, 0.05) is 6.54 Å². The summed E-state index contributed by atoms with van der Waals surface area (Å²) in [6.45, 7) is 0.219. The number of halogens is 2. The van der Waals surface area contributed by atoms with Crippen LogP contribution in [0.2, 0.25) is 10.2 Å². The van der Waals surface area contributed by atoms with Crippen molar-refractivity contribution < 1.29 is 9.90 Å². The van der Waals surface area contributed by atoms with Crippen molar-refractivity contribution in [2.45, 2.75) is 44.1 Å². The molecule has 0 atom stereocenters. The lowest BCUT2D eigenvalue weighted by atomic mass is 9.94. The fraction of sp³-hybridized carbons (Fsp3) is 0.571. The monoisotopic (exact) mass is 316 g/mol. The summed E-state index contributed by atoms with van der Waals surface area (Å²) in [5.74, 6) is -0.407. The fourth-order valence-corrected chi connectivity index (χ4v) is 2.81. The van der Waals surface area contributed by atoms with Crippen molar-refractivity contribution in [1.29, 1.82) is 0 Å². The Balaban J connectivity index is 1.99. The molecular formula is C14H18Cl2N2O2. The Labute approximate surface area is 128 Å². The van der Waals surface area contributed by atoms with Crippen molar-refractivity contribution in [3.8, 4) is 0 Å². The lowest BCUT2D eigenvalue weighted by Gasteiger charge is -2.26. The van der Waals surface area contributed by atoms with Gasteiger partial charge in [0.25, 0.3) is 5.91 Å². The van der Waals surface area contributed by atoms with Gasteiger partial charge in [-0.25, -0.2) is 4.98 Å². The summed E-state index contributed by atoms with van der Waals surface area (Å²) < 4.78 is 0. The first-order chi connectivity index (χ1) is 9.50. The van der Waals surface area contributed by atoms with Crippen molar-refractivity contribution in [2.75, 3.05) is 6.54 Å². The molecule has 0 bridgehead atoms. The first kappa shape index (κ1) is 15.5. The zero-order valence-electron chi connectivity index (χ0n) is 11.2. The number of nitrogens with one attached hydrogen (secondary N) is 1. The number of hydrogen-bond donors (Lipinski definition) is 2. The minimum absolute atomic E-state index is 0.0939. The Morgan fingerprint density at radius 3 is 2.55 bits per heavy atom. The van der Waals surface area contributed by atoms with Gasteiger partial charge in [0.05, 0.1) is 10.6 Å². The number of aromatic nitrogens is 1. The molecule has 2 N–H and O–H groups in total. The van der Waals surface area contributed by atoms with Gasteiger partial charge in [0.2, 0.25) is 0 Å². The summed E-state index contributed by atoms with van der Waals surface area (Å²) >= 11 is 11.7. The Bertz CT molecular complexity index is 486. The third kappa shape index (κ3) is 4.08. The highest BCUT2D eigenvalue weighted by molar-refractivity contribution is 6.34. The van der Waals surface area contributed by atoms with Crippen LogP contribution in [0.3, 0.4) is 0 Å². The number of pyridine rings is 1. The highest BCUT2D eigenvalue weighted by atomic mass is 35.5. The molecule has 4 nitrogen and oxygen atoms in total. The summed E-state index contributed by atoms with van der Waals surface area (Å²) in [5.41, 5.74) is -0.728. The molecule has 1 aromatic heterocycles. The molecule has 0 spiro atoms. The van der Waals surface area contributed by atoms with Gasteiger partial charge in [-0.2, -0.15) is 0 Å². The summed E-state index contributed by atoms with van der Waals surface area (Å²) in [6.07, 6.45) is 5.68. The summed E-state index contributed by atoms with van der Waals surface area (Å²) in [7, 11) is 0. The Kier molecular flexibility index (Phi) is 5.24. The molecule has 1 aromatic rings. The molecule has 1 aliphatic rings. The zero-order chi connectivity index (χ0) is 14.6. The van der Waals surface area contributed by atoms with Crippen molar-refractivity contribution in [2.24, 2.45) is 0 Å². The van der Waals surface area contributed by atoms with E-state index in [-0.39, 0.29) is 22.4 Å². The van der Waals surface area contributed by atoms with Crippen LogP contribution in [0.5, 0.6) is 0 Å². The van der Waals surface area contributed by atoms with Gasteiger partial charge in [0.1, 0.15) is 10.8 Å². The Morgan fingerprint density at radius 1 is 1.25 bits per heavy atom. The fourth-order valence-electron chi connectivity index (χ4n) is 2.47. The van der Waals surface area contributed by atoms with Crippen LogP contribution >= 0.6 is 23.2 Å². The van der Waals surface area contributed by atoms with Gasteiger partial charge in [-0.1, -0.05) is 48.9 Å². The lowest BCUT2D eigenvalue weighted by Crippen LogP contribution is -2.42. The predicted molar refractivity (Wildman–Crippen MR) is 79.2 cm³/mol. The van der Waals surface area contributed by atoms with E-state index in [1.165, 1.54) is 12.1 Å². The topological polar surface area (TPSA) is 62.2 Å². The van der Waals surface area contributed by atoms with Crippen LogP contribution in [-0.4, -0.2) is 28.1 Å². The van der Waals surface area contributed by atoms with Crippen molar-refractivity contribution in [1.82, 2.24) is 10.3 Å². The molecule has 0 radical (unpaired) electrons. The van der Waals surface area contributed by atoms with E-state index in [2.05, 4.69) is 10.3 Å². The zero-order valence-corrected chi connectivity index (χ0v) is 12.7. The van der Waals surface area contributed by atoms with Crippen LogP contribution < -0.4 is 5.32 Å². The average molecular weight is 317 g/mol. The van der Waals surface area contributed by atoms with Gasteiger partial charge >= 0.3 is 0 Å². The van der Waals surface area contributed by atoms with Crippen LogP contribution in [-0.2, 0) is 0 Å². The highest BCUT2D eigenvalue weighted by Crippen LogP contribution is 2.26. The third-order valence-corrected chi connectivity index (χ3v) is 4.15.